The molecule has 0 fully saturated rings. The fourth-order valence-electron chi connectivity index (χ4n) is 4.28. The summed E-state index contributed by atoms with van der Waals surface area (Å²) in [6, 6.07) is 24.1. The number of carbonyl (C=O) groups is 1. The van der Waals surface area contributed by atoms with Crippen LogP contribution in [0.2, 0.25) is 5.02 Å². The van der Waals surface area contributed by atoms with E-state index in [2.05, 4.69) is 35.4 Å². The first-order valence-electron chi connectivity index (χ1n) is 10.8. The van der Waals surface area contributed by atoms with Crippen LogP contribution in [0.5, 0.6) is 0 Å². The van der Waals surface area contributed by atoms with Crippen molar-refractivity contribution >= 4 is 28.4 Å². The Kier molecular flexibility index (Phi) is 6.43. The summed E-state index contributed by atoms with van der Waals surface area (Å²) in [5, 5.41) is 4.98. The number of rotatable bonds is 7. The van der Waals surface area contributed by atoms with Crippen LogP contribution in [0, 0.1) is 0 Å². The zero-order valence-electron chi connectivity index (χ0n) is 17.9. The van der Waals surface area contributed by atoms with Crippen LogP contribution in [0.3, 0.4) is 0 Å². The standard InChI is InChI=1S/C27H27ClN2O/c1-3-19-12-9-14-22-24(17-29-27(19)22)23(21-13-7-8-15-25(21)28)16-26(31)30-18(2)20-10-5-4-6-11-20/h4-15,17-18,23,29H,3,16H2,1-2H3,(H,30,31)/t18-,23-/m1/s1. The number of para-hydroxylation sites is 1. The fraction of sp³-hybridized carbons (Fsp3) is 0.222. The molecule has 0 saturated carbocycles. The molecule has 3 aromatic carbocycles. The predicted octanol–water partition coefficient (Wildman–Crippen LogP) is 6.78. The van der Waals surface area contributed by atoms with Crippen LogP contribution in [0.15, 0.2) is 79.0 Å². The lowest BCUT2D eigenvalue weighted by Crippen LogP contribution is -2.28. The van der Waals surface area contributed by atoms with Gasteiger partial charge in [0.1, 0.15) is 0 Å². The first-order chi connectivity index (χ1) is 15.1. The van der Waals surface area contributed by atoms with Crippen LogP contribution >= 0.6 is 11.6 Å². The third-order valence-electron chi connectivity index (χ3n) is 5.94. The average molecular weight is 431 g/mol. The summed E-state index contributed by atoms with van der Waals surface area (Å²) >= 11 is 6.59. The van der Waals surface area contributed by atoms with Gasteiger partial charge in [0.25, 0.3) is 0 Å². The van der Waals surface area contributed by atoms with Crippen LogP contribution in [-0.2, 0) is 11.2 Å². The van der Waals surface area contributed by atoms with Crippen LogP contribution < -0.4 is 5.32 Å². The molecular formula is C27H27ClN2O. The number of halogens is 1. The second kappa shape index (κ2) is 9.40. The fourth-order valence-corrected chi connectivity index (χ4v) is 4.55. The van der Waals surface area contributed by atoms with E-state index >= 15 is 0 Å². The summed E-state index contributed by atoms with van der Waals surface area (Å²) in [4.78, 5) is 16.6. The van der Waals surface area contributed by atoms with E-state index in [0.717, 1.165) is 34.0 Å². The van der Waals surface area contributed by atoms with Crippen molar-refractivity contribution in [2.75, 3.05) is 0 Å². The Bertz CT molecular complexity index is 1180. The highest BCUT2D eigenvalue weighted by atomic mass is 35.5. The highest BCUT2D eigenvalue weighted by molar-refractivity contribution is 6.31. The van der Waals surface area contributed by atoms with Crippen LogP contribution in [0.4, 0.5) is 0 Å². The van der Waals surface area contributed by atoms with Gasteiger partial charge in [-0.3, -0.25) is 4.79 Å². The van der Waals surface area contributed by atoms with Gasteiger partial charge < -0.3 is 10.3 Å². The van der Waals surface area contributed by atoms with Crippen molar-refractivity contribution in [2.24, 2.45) is 0 Å². The van der Waals surface area contributed by atoms with Gasteiger partial charge in [-0.25, -0.2) is 0 Å². The molecule has 3 nitrogen and oxygen atoms in total. The van der Waals surface area contributed by atoms with Gasteiger partial charge in [0.2, 0.25) is 5.91 Å². The number of benzene rings is 3. The zero-order valence-corrected chi connectivity index (χ0v) is 18.6. The lowest BCUT2D eigenvalue weighted by molar-refractivity contribution is -0.121. The highest BCUT2D eigenvalue weighted by Gasteiger charge is 2.24. The van der Waals surface area contributed by atoms with Crippen molar-refractivity contribution in [1.29, 1.82) is 0 Å². The van der Waals surface area contributed by atoms with Crippen molar-refractivity contribution in [3.05, 3.63) is 106 Å². The third-order valence-corrected chi connectivity index (χ3v) is 6.28. The lowest BCUT2D eigenvalue weighted by atomic mass is 9.87. The quantitative estimate of drug-likeness (QED) is 0.333. The van der Waals surface area contributed by atoms with Gasteiger partial charge in [0, 0.05) is 34.5 Å². The van der Waals surface area contributed by atoms with Crippen LogP contribution in [0.25, 0.3) is 10.9 Å². The maximum Gasteiger partial charge on any atom is 0.221 e. The second-order valence-electron chi connectivity index (χ2n) is 7.92. The number of aryl methyl sites for hydroxylation is 1. The number of hydrogen-bond acceptors (Lipinski definition) is 1. The molecule has 0 bridgehead atoms. The Labute approximate surface area is 188 Å². The van der Waals surface area contributed by atoms with Gasteiger partial charge in [-0.1, -0.05) is 85.3 Å². The minimum atomic E-state index is -0.141. The smallest absolute Gasteiger partial charge is 0.221 e. The molecule has 4 heteroatoms. The molecule has 0 radical (unpaired) electrons. The lowest BCUT2D eigenvalue weighted by Gasteiger charge is -2.20. The molecule has 2 N–H and O–H groups in total. The Balaban J connectivity index is 1.68. The highest BCUT2D eigenvalue weighted by Crippen LogP contribution is 2.37. The van der Waals surface area contributed by atoms with Gasteiger partial charge in [0.05, 0.1) is 6.04 Å². The number of nitrogens with one attached hydrogen (secondary N) is 2. The van der Waals surface area contributed by atoms with E-state index in [9.17, 15) is 4.79 Å². The molecular weight excluding hydrogens is 404 g/mol. The molecule has 1 aromatic heterocycles. The number of carbonyl (C=O) groups excluding carboxylic acids is 1. The zero-order chi connectivity index (χ0) is 21.8. The van der Waals surface area contributed by atoms with Gasteiger partial charge in [0.15, 0.2) is 0 Å². The SMILES string of the molecule is CCc1cccc2c([C@H](CC(=O)N[C@H](C)c3ccccc3)c3ccccc3Cl)c[nH]c12. The molecule has 1 heterocycles. The summed E-state index contributed by atoms with van der Waals surface area (Å²) < 4.78 is 0. The number of amides is 1. The van der Waals surface area contributed by atoms with Crippen molar-refractivity contribution < 1.29 is 4.79 Å². The van der Waals surface area contributed by atoms with E-state index < -0.39 is 0 Å². The summed E-state index contributed by atoms with van der Waals surface area (Å²) in [5.74, 6) is -0.139. The second-order valence-corrected chi connectivity index (χ2v) is 8.32. The molecule has 31 heavy (non-hydrogen) atoms. The number of aromatic nitrogens is 1. The molecule has 158 valence electrons. The molecule has 0 aliphatic carbocycles. The average Bonchev–Trinajstić information content (AvgIpc) is 3.22. The van der Waals surface area contributed by atoms with E-state index in [1.807, 2.05) is 67.7 Å². The van der Waals surface area contributed by atoms with Gasteiger partial charge in [-0.15, -0.1) is 0 Å². The Morgan fingerprint density at radius 3 is 2.45 bits per heavy atom. The molecule has 0 aliphatic heterocycles. The number of fused-ring (bicyclic) bond motifs is 1. The van der Waals surface area contributed by atoms with E-state index in [-0.39, 0.29) is 17.9 Å². The predicted molar refractivity (Wildman–Crippen MR) is 129 cm³/mol. The monoisotopic (exact) mass is 430 g/mol. The van der Waals surface area contributed by atoms with E-state index in [1.165, 1.54) is 5.56 Å². The molecule has 4 aromatic rings. The first kappa shape index (κ1) is 21.2. The normalized spacial score (nSPS) is 13.1. The van der Waals surface area contributed by atoms with Gasteiger partial charge >= 0.3 is 0 Å². The van der Waals surface area contributed by atoms with Crippen molar-refractivity contribution in [3.8, 4) is 0 Å². The van der Waals surface area contributed by atoms with E-state index in [1.54, 1.807) is 0 Å². The Morgan fingerprint density at radius 2 is 1.71 bits per heavy atom. The van der Waals surface area contributed by atoms with Crippen molar-refractivity contribution in [2.45, 2.75) is 38.6 Å². The van der Waals surface area contributed by atoms with E-state index in [4.69, 9.17) is 11.6 Å². The first-order valence-corrected chi connectivity index (χ1v) is 11.1. The summed E-state index contributed by atoms with van der Waals surface area (Å²) in [7, 11) is 0. The minimum Gasteiger partial charge on any atom is -0.361 e. The number of aromatic amines is 1. The molecule has 0 aliphatic rings. The van der Waals surface area contributed by atoms with Crippen LogP contribution in [0.1, 0.15) is 54.5 Å². The topological polar surface area (TPSA) is 44.9 Å². The van der Waals surface area contributed by atoms with Crippen molar-refractivity contribution in [1.82, 2.24) is 10.3 Å². The van der Waals surface area contributed by atoms with Gasteiger partial charge in [-0.2, -0.15) is 0 Å². The van der Waals surface area contributed by atoms with Crippen molar-refractivity contribution in [3.63, 3.8) is 0 Å². The summed E-state index contributed by atoms with van der Waals surface area (Å²) in [6.45, 7) is 4.16. The maximum atomic E-state index is 13.1. The summed E-state index contributed by atoms with van der Waals surface area (Å²) in [6.07, 6.45) is 3.30. The summed E-state index contributed by atoms with van der Waals surface area (Å²) in [5.41, 5.74) is 5.55. The molecule has 1 amide bonds. The van der Waals surface area contributed by atoms with E-state index in [0.29, 0.717) is 11.4 Å². The largest absolute Gasteiger partial charge is 0.361 e. The molecule has 0 spiro atoms. The Morgan fingerprint density at radius 1 is 0.968 bits per heavy atom. The minimum absolute atomic E-state index is 0.00210. The molecule has 4 rings (SSSR count). The number of hydrogen-bond donors (Lipinski definition) is 2. The van der Waals surface area contributed by atoms with Crippen LogP contribution in [-0.4, -0.2) is 10.9 Å². The van der Waals surface area contributed by atoms with Gasteiger partial charge in [-0.05, 0) is 41.7 Å². The Hall–Kier alpha value is -3.04. The maximum absolute atomic E-state index is 13.1. The molecule has 2 atom stereocenters. The third kappa shape index (κ3) is 4.52. The molecule has 0 unspecified atom stereocenters. The molecule has 0 saturated heterocycles. The number of H-pyrrole nitrogens is 1.